The van der Waals surface area contributed by atoms with Crippen molar-refractivity contribution in [3.8, 4) is 0 Å². The number of ether oxygens (including phenoxy) is 1. The van der Waals surface area contributed by atoms with Crippen LogP contribution >= 0.6 is 0 Å². The first-order valence-corrected chi connectivity index (χ1v) is 6.88. The van der Waals surface area contributed by atoms with Crippen molar-refractivity contribution in [2.45, 2.75) is 32.8 Å². The molecule has 1 saturated heterocycles. The zero-order valence-corrected chi connectivity index (χ0v) is 11.3. The molecule has 4 nitrogen and oxygen atoms in total. The van der Waals surface area contributed by atoms with Gasteiger partial charge in [0, 0.05) is 43.6 Å². The van der Waals surface area contributed by atoms with Crippen molar-refractivity contribution >= 4 is 11.5 Å². The highest BCUT2D eigenvalue weighted by atomic mass is 16.5. The van der Waals surface area contributed by atoms with Gasteiger partial charge < -0.3 is 15.4 Å². The van der Waals surface area contributed by atoms with E-state index in [1.807, 2.05) is 12.3 Å². The van der Waals surface area contributed by atoms with Crippen LogP contribution in [0, 0.1) is 5.92 Å². The van der Waals surface area contributed by atoms with E-state index in [2.05, 4.69) is 35.5 Å². The Bertz CT molecular complexity index is 370. The van der Waals surface area contributed by atoms with E-state index in [1.165, 1.54) is 0 Å². The summed E-state index contributed by atoms with van der Waals surface area (Å²) >= 11 is 0. The van der Waals surface area contributed by atoms with Crippen LogP contribution in [-0.2, 0) is 4.74 Å². The molecular weight excluding hydrogens is 226 g/mol. The number of hydrogen-bond donors (Lipinski definition) is 2. The number of aromatic nitrogens is 1. The number of nitrogens with zero attached hydrogens (tertiary/aromatic N) is 1. The maximum Gasteiger partial charge on any atom is 0.127 e. The first-order valence-electron chi connectivity index (χ1n) is 6.88. The Labute approximate surface area is 109 Å². The van der Waals surface area contributed by atoms with Gasteiger partial charge in [-0.2, -0.15) is 0 Å². The molecule has 1 aliphatic rings. The zero-order chi connectivity index (χ0) is 12.8. The molecule has 1 aromatic rings. The molecule has 1 aliphatic heterocycles. The fraction of sp³-hybridized carbons (Fsp3) is 0.643. The van der Waals surface area contributed by atoms with Crippen LogP contribution in [0.1, 0.15) is 26.7 Å². The molecule has 0 aromatic carbocycles. The van der Waals surface area contributed by atoms with Gasteiger partial charge in [-0.05, 0) is 25.8 Å². The van der Waals surface area contributed by atoms with E-state index in [1.54, 1.807) is 0 Å². The maximum absolute atomic E-state index is 5.70. The van der Waals surface area contributed by atoms with Gasteiger partial charge in [0.25, 0.3) is 0 Å². The third-order valence-corrected chi connectivity index (χ3v) is 3.43. The van der Waals surface area contributed by atoms with Crippen LogP contribution in [-0.4, -0.2) is 30.8 Å². The smallest absolute Gasteiger partial charge is 0.127 e. The lowest BCUT2D eigenvalue weighted by molar-refractivity contribution is 0.0900. The molecular formula is C14H23N3O. The molecule has 4 heteroatoms. The Morgan fingerprint density at radius 3 is 3.06 bits per heavy atom. The molecule has 2 heterocycles. The molecule has 0 bridgehead atoms. The summed E-state index contributed by atoms with van der Waals surface area (Å²) < 4.78 is 5.70. The predicted molar refractivity (Wildman–Crippen MR) is 75.0 cm³/mol. The molecule has 0 spiro atoms. The molecule has 2 rings (SSSR count). The lowest BCUT2D eigenvalue weighted by atomic mass is 9.99. The lowest BCUT2D eigenvalue weighted by Gasteiger charge is -2.18. The molecule has 0 amide bonds. The molecule has 0 radical (unpaired) electrons. The number of pyridine rings is 1. The third kappa shape index (κ3) is 3.35. The molecule has 0 saturated carbocycles. The van der Waals surface area contributed by atoms with E-state index in [-0.39, 0.29) is 0 Å². The van der Waals surface area contributed by atoms with Gasteiger partial charge in [-0.15, -0.1) is 0 Å². The summed E-state index contributed by atoms with van der Waals surface area (Å²) in [5.41, 5.74) is 1.13. The van der Waals surface area contributed by atoms with Gasteiger partial charge in [-0.3, -0.25) is 0 Å². The Morgan fingerprint density at radius 1 is 1.39 bits per heavy atom. The standard InChI is InChI=1S/C14H23N3O/c1-3-13-11(6-8-18-13)10-17-12-5-7-16-14(9-12)15-4-2/h5,7,9,11,13H,3-4,6,8,10H2,1-2H3,(H2,15,16,17). The molecule has 2 unspecified atom stereocenters. The van der Waals surface area contributed by atoms with Crippen LogP contribution < -0.4 is 10.6 Å². The first-order chi connectivity index (χ1) is 8.83. The zero-order valence-electron chi connectivity index (χ0n) is 11.3. The largest absolute Gasteiger partial charge is 0.385 e. The summed E-state index contributed by atoms with van der Waals surface area (Å²) in [7, 11) is 0. The van der Waals surface area contributed by atoms with Gasteiger partial charge in [0.1, 0.15) is 5.82 Å². The summed E-state index contributed by atoms with van der Waals surface area (Å²) in [4.78, 5) is 4.26. The topological polar surface area (TPSA) is 46.2 Å². The van der Waals surface area contributed by atoms with Gasteiger partial charge >= 0.3 is 0 Å². The summed E-state index contributed by atoms with van der Waals surface area (Å²) in [6.45, 7) is 7.05. The maximum atomic E-state index is 5.70. The van der Waals surface area contributed by atoms with Gasteiger partial charge in [-0.1, -0.05) is 6.92 Å². The molecule has 0 aliphatic carbocycles. The van der Waals surface area contributed by atoms with Crippen molar-refractivity contribution < 1.29 is 4.74 Å². The van der Waals surface area contributed by atoms with Crippen molar-refractivity contribution in [1.82, 2.24) is 4.98 Å². The molecule has 1 fully saturated rings. The van der Waals surface area contributed by atoms with Gasteiger partial charge in [0.15, 0.2) is 0 Å². The van der Waals surface area contributed by atoms with Crippen LogP contribution in [0.15, 0.2) is 18.3 Å². The van der Waals surface area contributed by atoms with Gasteiger partial charge in [0.05, 0.1) is 6.10 Å². The average molecular weight is 249 g/mol. The average Bonchev–Trinajstić information content (AvgIpc) is 2.84. The minimum atomic E-state index is 0.424. The Balaban J connectivity index is 1.87. The Kier molecular flexibility index (Phi) is 4.81. The summed E-state index contributed by atoms with van der Waals surface area (Å²) in [6, 6.07) is 4.07. The number of rotatable bonds is 6. The second kappa shape index (κ2) is 6.59. The molecule has 100 valence electrons. The highest BCUT2D eigenvalue weighted by molar-refractivity contribution is 5.51. The first kappa shape index (κ1) is 13.1. The Hall–Kier alpha value is -1.29. The van der Waals surface area contributed by atoms with E-state index in [9.17, 15) is 0 Å². The van der Waals surface area contributed by atoms with E-state index in [0.29, 0.717) is 12.0 Å². The molecule has 1 aromatic heterocycles. The predicted octanol–water partition coefficient (Wildman–Crippen LogP) is 2.74. The fourth-order valence-electron chi connectivity index (χ4n) is 2.44. The lowest BCUT2D eigenvalue weighted by Crippen LogP contribution is -2.22. The minimum Gasteiger partial charge on any atom is -0.385 e. The minimum absolute atomic E-state index is 0.424. The van der Waals surface area contributed by atoms with Crippen LogP contribution in [0.2, 0.25) is 0 Å². The second-order valence-corrected chi connectivity index (χ2v) is 4.71. The normalized spacial score (nSPS) is 23.0. The summed E-state index contributed by atoms with van der Waals surface area (Å²) in [5, 5.41) is 6.71. The molecule has 2 atom stereocenters. The summed E-state index contributed by atoms with van der Waals surface area (Å²) in [5.74, 6) is 1.56. The van der Waals surface area contributed by atoms with Crippen molar-refractivity contribution in [1.29, 1.82) is 0 Å². The molecule has 18 heavy (non-hydrogen) atoms. The highest BCUT2D eigenvalue weighted by Crippen LogP contribution is 2.24. The van der Waals surface area contributed by atoms with Crippen LogP contribution in [0.25, 0.3) is 0 Å². The van der Waals surface area contributed by atoms with Crippen molar-refractivity contribution in [3.05, 3.63) is 18.3 Å². The van der Waals surface area contributed by atoms with Crippen molar-refractivity contribution in [2.75, 3.05) is 30.3 Å². The van der Waals surface area contributed by atoms with E-state index >= 15 is 0 Å². The second-order valence-electron chi connectivity index (χ2n) is 4.71. The van der Waals surface area contributed by atoms with E-state index < -0.39 is 0 Å². The molecule has 2 N–H and O–H groups in total. The van der Waals surface area contributed by atoms with Crippen molar-refractivity contribution in [3.63, 3.8) is 0 Å². The van der Waals surface area contributed by atoms with Crippen LogP contribution in [0.3, 0.4) is 0 Å². The number of anilines is 2. The third-order valence-electron chi connectivity index (χ3n) is 3.43. The van der Waals surface area contributed by atoms with Crippen LogP contribution in [0.4, 0.5) is 11.5 Å². The highest BCUT2D eigenvalue weighted by Gasteiger charge is 2.26. The van der Waals surface area contributed by atoms with Crippen LogP contribution in [0.5, 0.6) is 0 Å². The van der Waals surface area contributed by atoms with E-state index in [0.717, 1.165) is 44.0 Å². The van der Waals surface area contributed by atoms with Gasteiger partial charge in [-0.25, -0.2) is 4.98 Å². The SMILES string of the molecule is CCNc1cc(NCC2CCOC2CC)ccn1. The van der Waals surface area contributed by atoms with Gasteiger partial charge in [0.2, 0.25) is 0 Å². The fourth-order valence-corrected chi connectivity index (χ4v) is 2.44. The summed E-state index contributed by atoms with van der Waals surface area (Å²) in [6.07, 6.45) is 4.53. The monoisotopic (exact) mass is 249 g/mol. The quantitative estimate of drug-likeness (QED) is 0.814. The van der Waals surface area contributed by atoms with Crippen molar-refractivity contribution in [2.24, 2.45) is 5.92 Å². The number of nitrogens with one attached hydrogen (secondary N) is 2. The van der Waals surface area contributed by atoms with E-state index in [4.69, 9.17) is 4.74 Å². The Morgan fingerprint density at radius 2 is 2.28 bits per heavy atom. The number of hydrogen-bond acceptors (Lipinski definition) is 4.